The molecule has 3 rings (SSSR count). The molecule has 0 aliphatic rings. The zero-order chi connectivity index (χ0) is 22.7. The van der Waals surface area contributed by atoms with E-state index in [2.05, 4.69) is 30.4 Å². The molecule has 0 amide bonds. The van der Waals surface area contributed by atoms with Crippen molar-refractivity contribution in [3.05, 3.63) is 104 Å². The molecular formula is C22H8F5NO2S. The quantitative estimate of drug-likeness (QED) is 0.104. The van der Waals surface area contributed by atoms with Crippen LogP contribution in [0.2, 0.25) is 0 Å². The van der Waals surface area contributed by atoms with Gasteiger partial charge >= 0.3 is 0 Å². The topological polar surface area (TPSA) is 43.1 Å². The first-order valence-electron chi connectivity index (χ1n) is 8.32. The molecule has 0 aliphatic carbocycles. The molecule has 0 saturated carbocycles. The van der Waals surface area contributed by atoms with Crippen molar-refractivity contribution in [3.8, 4) is 23.7 Å². The minimum absolute atomic E-state index is 0.253. The Kier molecular flexibility index (Phi) is 6.28. The van der Waals surface area contributed by atoms with E-state index in [1.54, 1.807) is 30.2 Å². The molecule has 0 saturated heterocycles. The van der Waals surface area contributed by atoms with E-state index >= 15 is 0 Å². The van der Waals surface area contributed by atoms with Crippen LogP contribution in [0.1, 0.15) is 22.3 Å². The van der Waals surface area contributed by atoms with Crippen LogP contribution in [0.25, 0.3) is 0 Å². The Morgan fingerprint density at radius 1 is 0.710 bits per heavy atom. The van der Waals surface area contributed by atoms with Gasteiger partial charge in [-0.15, -0.1) is 12.6 Å². The molecule has 0 spiro atoms. The monoisotopic (exact) mass is 445 g/mol. The van der Waals surface area contributed by atoms with Crippen molar-refractivity contribution in [3.63, 3.8) is 0 Å². The van der Waals surface area contributed by atoms with Crippen molar-refractivity contribution in [2.45, 2.75) is 4.90 Å². The minimum Gasteiger partial charge on any atom is -0.258 e. The molecule has 0 aliphatic heterocycles. The van der Waals surface area contributed by atoms with E-state index in [9.17, 15) is 32.1 Å². The van der Waals surface area contributed by atoms with Gasteiger partial charge in [-0.1, -0.05) is 23.7 Å². The number of benzene rings is 3. The lowest BCUT2D eigenvalue weighted by molar-refractivity contribution is -0.385. The van der Waals surface area contributed by atoms with Crippen LogP contribution in [0, 0.1) is 62.9 Å². The fourth-order valence-corrected chi connectivity index (χ4v) is 2.55. The molecule has 3 nitrogen and oxygen atoms in total. The van der Waals surface area contributed by atoms with Gasteiger partial charge in [-0.2, -0.15) is 0 Å². The van der Waals surface area contributed by atoms with Crippen LogP contribution in [0.5, 0.6) is 0 Å². The predicted molar refractivity (Wildman–Crippen MR) is 105 cm³/mol. The lowest BCUT2D eigenvalue weighted by atomic mass is 10.1. The summed E-state index contributed by atoms with van der Waals surface area (Å²) in [6.07, 6.45) is 0. The van der Waals surface area contributed by atoms with Gasteiger partial charge in [0.25, 0.3) is 5.69 Å². The van der Waals surface area contributed by atoms with Crippen LogP contribution >= 0.6 is 12.6 Å². The van der Waals surface area contributed by atoms with Crippen molar-refractivity contribution in [2.75, 3.05) is 0 Å². The van der Waals surface area contributed by atoms with E-state index in [1.165, 1.54) is 6.07 Å². The zero-order valence-electron chi connectivity index (χ0n) is 15.1. The average Bonchev–Trinajstić information content (AvgIpc) is 2.76. The Morgan fingerprint density at radius 3 is 1.81 bits per heavy atom. The number of nitro groups is 1. The summed E-state index contributed by atoms with van der Waals surface area (Å²) in [4.78, 5) is 11.3. The lowest BCUT2D eigenvalue weighted by Gasteiger charge is -2.02. The van der Waals surface area contributed by atoms with Gasteiger partial charge < -0.3 is 0 Å². The van der Waals surface area contributed by atoms with E-state index in [-0.39, 0.29) is 11.1 Å². The molecular weight excluding hydrogens is 437 g/mol. The van der Waals surface area contributed by atoms with E-state index in [4.69, 9.17) is 0 Å². The molecule has 0 N–H and O–H groups in total. The van der Waals surface area contributed by atoms with Crippen LogP contribution in [-0.2, 0) is 0 Å². The third kappa shape index (κ3) is 4.68. The van der Waals surface area contributed by atoms with Crippen molar-refractivity contribution >= 4 is 18.3 Å². The van der Waals surface area contributed by atoms with E-state index in [1.807, 2.05) is 0 Å². The molecule has 9 heteroatoms. The smallest absolute Gasteiger partial charge is 0.258 e. The van der Waals surface area contributed by atoms with Gasteiger partial charge in [0.2, 0.25) is 5.82 Å². The Balaban J connectivity index is 2.02. The summed E-state index contributed by atoms with van der Waals surface area (Å²) in [6.45, 7) is 0. The Morgan fingerprint density at radius 2 is 1.23 bits per heavy atom. The third-order valence-corrected chi connectivity index (χ3v) is 4.24. The highest BCUT2D eigenvalue weighted by molar-refractivity contribution is 7.80. The Bertz CT molecular complexity index is 1300. The number of thiol groups is 1. The third-order valence-electron chi connectivity index (χ3n) is 3.94. The normalized spacial score (nSPS) is 10.0. The van der Waals surface area contributed by atoms with Crippen LogP contribution in [-0.4, -0.2) is 4.92 Å². The first-order chi connectivity index (χ1) is 14.7. The number of halogens is 5. The zero-order valence-corrected chi connectivity index (χ0v) is 16.0. The second-order valence-corrected chi connectivity index (χ2v) is 6.50. The molecule has 0 unspecified atom stereocenters. The molecule has 0 atom stereocenters. The standard InChI is InChI=1S/C22H8F5NO2S/c23-18-16(19(24)21(26)22(27)20(18)25)10-7-14-6-3-13(11-17(14)28(29)30)2-1-12-4-8-15(31)9-5-12/h3-6,8-9,11,31H. The maximum atomic E-state index is 13.7. The molecule has 31 heavy (non-hydrogen) atoms. The average molecular weight is 445 g/mol. The summed E-state index contributed by atoms with van der Waals surface area (Å²) in [6, 6.07) is 10.5. The predicted octanol–water partition coefficient (Wildman–Crippen LogP) is 5.38. The molecule has 3 aromatic rings. The number of hydrogen-bond donors (Lipinski definition) is 1. The summed E-state index contributed by atoms with van der Waals surface area (Å²) < 4.78 is 67.1. The molecule has 3 aromatic carbocycles. The van der Waals surface area contributed by atoms with Crippen LogP contribution in [0.3, 0.4) is 0 Å². The Labute approximate surface area is 178 Å². The van der Waals surface area contributed by atoms with E-state index in [0.29, 0.717) is 5.56 Å². The van der Waals surface area contributed by atoms with Crippen molar-refractivity contribution in [1.29, 1.82) is 0 Å². The number of hydrogen-bond acceptors (Lipinski definition) is 3. The largest absolute Gasteiger partial charge is 0.286 e. The highest BCUT2D eigenvalue weighted by Gasteiger charge is 2.24. The maximum Gasteiger partial charge on any atom is 0.286 e. The summed E-state index contributed by atoms with van der Waals surface area (Å²) >= 11 is 4.15. The van der Waals surface area contributed by atoms with Gasteiger partial charge in [0.1, 0.15) is 11.1 Å². The summed E-state index contributed by atoms with van der Waals surface area (Å²) in [5.41, 5.74) is -1.34. The van der Waals surface area contributed by atoms with Crippen molar-refractivity contribution in [2.24, 2.45) is 0 Å². The minimum atomic E-state index is -2.32. The molecule has 0 bridgehead atoms. The number of nitrogens with zero attached hydrogens (tertiary/aromatic N) is 1. The highest BCUT2D eigenvalue weighted by atomic mass is 32.1. The summed E-state index contributed by atoms with van der Waals surface area (Å²) in [5, 5.41) is 11.3. The first kappa shape index (κ1) is 21.9. The highest BCUT2D eigenvalue weighted by Crippen LogP contribution is 2.23. The fourth-order valence-electron chi connectivity index (χ4n) is 2.40. The summed E-state index contributed by atoms with van der Waals surface area (Å²) in [5.74, 6) is -1.47. The van der Waals surface area contributed by atoms with Gasteiger partial charge in [-0.25, -0.2) is 22.0 Å². The van der Waals surface area contributed by atoms with Gasteiger partial charge in [-0.3, -0.25) is 10.1 Å². The van der Waals surface area contributed by atoms with E-state index in [0.717, 1.165) is 17.0 Å². The van der Waals surface area contributed by atoms with Gasteiger partial charge in [0, 0.05) is 22.1 Å². The van der Waals surface area contributed by atoms with Gasteiger partial charge in [0.05, 0.1) is 4.92 Å². The molecule has 0 aromatic heterocycles. The van der Waals surface area contributed by atoms with Crippen LogP contribution < -0.4 is 0 Å². The van der Waals surface area contributed by atoms with Crippen LogP contribution in [0.15, 0.2) is 47.4 Å². The van der Waals surface area contributed by atoms with Crippen molar-refractivity contribution in [1.82, 2.24) is 0 Å². The molecule has 0 heterocycles. The maximum absolute atomic E-state index is 13.7. The SMILES string of the molecule is O=[N+]([O-])c1cc(C#Cc2ccc(S)cc2)ccc1C#Cc1c(F)c(F)c(F)c(F)c1F. The second kappa shape index (κ2) is 8.90. The molecule has 0 fully saturated rings. The fraction of sp³-hybridized carbons (Fsp3) is 0. The number of rotatable bonds is 1. The second-order valence-electron chi connectivity index (χ2n) is 5.98. The van der Waals surface area contributed by atoms with E-state index < -0.39 is 45.3 Å². The molecule has 0 radical (unpaired) electrons. The summed E-state index contributed by atoms with van der Waals surface area (Å²) in [7, 11) is 0. The lowest BCUT2D eigenvalue weighted by Crippen LogP contribution is -2.04. The van der Waals surface area contributed by atoms with Gasteiger partial charge in [0.15, 0.2) is 23.3 Å². The number of nitro benzene ring substituents is 1. The van der Waals surface area contributed by atoms with Gasteiger partial charge in [-0.05, 0) is 36.4 Å². The first-order valence-corrected chi connectivity index (χ1v) is 8.76. The Hall–Kier alpha value is -3.82. The molecule has 154 valence electrons. The van der Waals surface area contributed by atoms with Crippen molar-refractivity contribution < 1.29 is 26.9 Å². The van der Waals surface area contributed by atoms with Crippen LogP contribution in [0.4, 0.5) is 27.6 Å².